The van der Waals surface area contributed by atoms with Gasteiger partial charge in [-0.1, -0.05) is 61.5 Å². The van der Waals surface area contributed by atoms with E-state index < -0.39 is 0 Å². The molecule has 0 aliphatic heterocycles. The molecule has 0 aliphatic rings. The Balaban J connectivity index is 1.23. The number of H-pyrrole nitrogens is 2. The number of hydrogen-bond acceptors (Lipinski definition) is 5. The van der Waals surface area contributed by atoms with Gasteiger partial charge in [-0.3, -0.25) is 10.1 Å². The molecule has 0 radical (unpaired) electrons. The zero-order valence-electron chi connectivity index (χ0n) is 23.0. The number of nitrogens with zero attached hydrogens (tertiary/aromatic N) is 4. The summed E-state index contributed by atoms with van der Waals surface area (Å²) in [6, 6.07) is 25.6. The van der Waals surface area contributed by atoms with Gasteiger partial charge >= 0.3 is 0 Å². The first-order chi connectivity index (χ1) is 20.6. The zero-order chi connectivity index (χ0) is 28.5. The highest BCUT2D eigenvalue weighted by molar-refractivity contribution is 5.96. The molecule has 7 nitrogen and oxygen atoms in total. The Kier molecular flexibility index (Phi) is 6.73. The van der Waals surface area contributed by atoms with Crippen molar-refractivity contribution in [2.75, 3.05) is 0 Å². The van der Waals surface area contributed by atoms with Crippen molar-refractivity contribution in [1.82, 2.24) is 35.5 Å². The second-order valence-corrected chi connectivity index (χ2v) is 10.4. The summed E-state index contributed by atoms with van der Waals surface area (Å²) in [7, 11) is 0. The Morgan fingerprint density at radius 1 is 0.786 bits per heavy atom. The molecule has 7 rings (SSSR count). The van der Waals surface area contributed by atoms with Crippen molar-refractivity contribution in [2.24, 2.45) is 0 Å². The van der Waals surface area contributed by atoms with Crippen LogP contribution < -0.4 is 5.32 Å². The third-order valence-corrected chi connectivity index (χ3v) is 7.49. The number of rotatable bonds is 8. The molecule has 3 N–H and O–H groups in total. The van der Waals surface area contributed by atoms with E-state index in [1.165, 1.54) is 28.8 Å². The molecule has 206 valence electrons. The molecule has 3 aromatic carbocycles. The van der Waals surface area contributed by atoms with E-state index in [2.05, 4.69) is 85.9 Å². The molecule has 0 bridgehead atoms. The van der Waals surface area contributed by atoms with Gasteiger partial charge in [0.1, 0.15) is 11.5 Å². The van der Waals surface area contributed by atoms with Crippen molar-refractivity contribution in [2.45, 2.75) is 26.4 Å². The van der Waals surface area contributed by atoms with E-state index in [-0.39, 0.29) is 5.82 Å². The summed E-state index contributed by atoms with van der Waals surface area (Å²) in [6.45, 7) is 3.76. The van der Waals surface area contributed by atoms with E-state index in [1.807, 2.05) is 12.3 Å². The summed E-state index contributed by atoms with van der Waals surface area (Å²) >= 11 is 0. The minimum Gasteiger partial charge on any atom is -0.335 e. The average molecular weight is 554 g/mol. The largest absolute Gasteiger partial charge is 0.335 e. The highest BCUT2D eigenvalue weighted by atomic mass is 19.1. The number of nitrogens with one attached hydrogen (secondary N) is 3. The van der Waals surface area contributed by atoms with Gasteiger partial charge in [0, 0.05) is 36.6 Å². The van der Waals surface area contributed by atoms with E-state index >= 15 is 0 Å². The van der Waals surface area contributed by atoms with Crippen molar-refractivity contribution in [3.63, 3.8) is 0 Å². The third kappa shape index (κ3) is 5.04. The second kappa shape index (κ2) is 11.0. The van der Waals surface area contributed by atoms with Crippen molar-refractivity contribution in [1.29, 1.82) is 0 Å². The Hall–Kier alpha value is -5.21. The van der Waals surface area contributed by atoms with E-state index in [1.54, 1.807) is 24.5 Å². The first-order valence-corrected chi connectivity index (χ1v) is 14.0. The number of aromatic nitrogens is 6. The minimum absolute atomic E-state index is 0.283. The predicted octanol–water partition coefficient (Wildman–Crippen LogP) is 7.22. The molecule has 4 heterocycles. The third-order valence-electron chi connectivity index (χ3n) is 7.49. The number of benzene rings is 3. The maximum Gasteiger partial charge on any atom is 0.181 e. The first-order valence-electron chi connectivity index (χ1n) is 14.0. The van der Waals surface area contributed by atoms with Crippen LogP contribution in [0.25, 0.3) is 55.8 Å². The van der Waals surface area contributed by atoms with Crippen LogP contribution in [-0.2, 0) is 19.5 Å². The maximum absolute atomic E-state index is 13.5. The zero-order valence-corrected chi connectivity index (χ0v) is 23.0. The number of aryl methyl sites for hydroxylation is 1. The van der Waals surface area contributed by atoms with Gasteiger partial charge in [0.15, 0.2) is 11.5 Å². The lowest BCUT2D eigenvalue weighted by atomic mass is 9.99. The number of imidazole rings is 1. The van der Waals surface area contributed by atoms with Gasteiger partial charge in [0.05, 0.1) is 22.6 Å². The fourth-order valence-electron chi connectivity index (χ4n) is 5.31. The van der Waals surface area contributed by atoms with Crippen LogP contribution in [0.2, 0.25) is 0 Å². The molecule has 0 unspecified atom stereocenters. The van der Waals surface area contributed by atoms with Crippen molar-refractivity contribution in [3.8, 4) is 33.8 Å². The summed E-state index contributed by atoms with van der Waals surface area (Å²) in [4.78, 5) is 17.3. The van der Waals surface area contributed by atoms with Crippen molar-refractivity contribution in [3.05, 3.63) is 120 Å². The van der Waals surface area contributed by atoms with Crippen molar-refractivity contribution >= 4 is 22.1 Å². The topological polar surface area (TPSA) is 95.2 Å². The lowest BCUT2D eigenvalue weighted by Crippen LogP contribution is -2.12. The molecule has 0 saturated heterocycles. The minimum atomic E-state index is -0.283. The molecule has 8 heteroatoms. The van der Waals surface area contributed by atoms with E-state index in [9.17, 15) is 4.39 Å². The van der Waals surface area contributed by atoms with Gasteiger partial charge in [-0.05, 0) is 58.5 Å². The van der Waals surface area contributed by atoms with Crippen LogP contribution in [0.5, 0.6) is 0 Å². The molecule has 0 spiro atoms. The molecule has 0 saturated carbocycles. The van der Waals surface area contributed by atoms with Crippen LogP contribution in [0.4, 0.5) is 4.39 Å². The van der Waals surface area contributed by atoms with Gasteiger partial charge < -0.3 is 10.3 Å². The number of halogens is 1. The van der Waals surface area contributed by atoms with E-state index in [0.717, 1.165) is 63.9 Å². The van der Waals surface area contributed by atoms with Crippen LogP contribution in [0, 0.1) is 5.82 Å². The number of aromatic amines is 2. The van der Waals surface area contributed by atoms with Crippen LogP contribution >= 0.6 is 0 Å². The van der Waals surface area contributed by atoms with Crippen LogP contribution in [-0.4, -0.2) is 30.1 Å². The quantitative estimate of drug-likeness (QED) is 0.185. The molecule has 4 aromatic heterocycles. The molecule has 42 heavy (non-hydrogen) atoms. The first kappa shape index (κ1) is 25.7. The number of pyridine rings is 2. The molecule has 0 atom stereocenters. The molecule has 0 aliphatic carbocycles. The van der Waals surface area contributed by atoms with Crippen LogP contribution in [0.3, 0.4) is 0 Å². The number of fused-ring (bicyclic) bond motifs is 2. The Bertz CT molecular complexity index is 2010. The van der Waals surface area contributed by atoms with Gasteiger partial charge in [-0.2, -0.15) is 5.10 Å². The second-order valence-electron chi connectivity index (χ2n) is 10.4. The Morgan fingerprint density at radius 3 is 2.43 bits per heavy atom. The summed E-state index contributed by atoms with van der Waals surface area (Å²) in [5.41, 5.74) is 10.4. The molecule has 0 fully saturated rings. The lowest BCUT2D eigenvalue weighted by molar-refractivity contribution is 0.628. The van der Waals surface area contributed by atoms with Crippen LogP contribution in [0.15, 0.2) is 97.5 Å². The highest BCUT2D eigenvalue weighted by Gasteiger charge is 2.17. The molecule has 7 aromatic rings. The van der Waals surface area contributed by atoms with E-state index in [0.29, 0.717) is 11.5 Å². The summed E-state index contributed by atoms with van der Waals surface area (Å²) in [5.74, 6) is 0.352. The Labute approximate surface area is 241 Å². The normalized spacial score (nSPS) is 11.5. The number of hydrogen-bond donors (Lipinski definition) is 3. The Morgan fingerprint density at radius 2 is 1.60 bits per heavy atom. The van der Waals surface area contributed by atoms with Gasteiger partial charge in [-0.25, -0.2) is 14.4 Å². The molecular formula is C34H28FN7. The molecular weight excluding hydrogens is 525 g/mol. The van der Waals surface area contributed by atoms with Gasteiger partial charge in [-0.15, -0.1) is 0 Å². The fourth-order valence-corrected chi connectivity index (χ4v) is 5.31. The average Bonchev–Trinajstić information content (AvgIpc) is 3.66. The SMILES string of the molecule is CCc1cc(CNCc2ccccc2)cc(-c2cnc3n[nH]c(-c4nc5c(-c6ccc(F)cc6)cncc5[nH]4)c3c2)c1. The lowest BCUT2D eigenvalue weighted by Gasteiger charge is -2.11. The van der Waals surface area contributed by atoms with Gasteiger partial charge in [0.2, 0.25) is 0 Å². The molecule has 0 amide bonds. The summed E-state index contributed by atoms with van der Waals surface area (Å²) in [6.07, 6.45) is 6.30. The smallest absolute Gasteiger partial charge is 0.181 e. The van der Waals surface area contributed by atoms with Crippen LogP contribution in [0.1, 0.15) is 23.6 Å². The van der Waals surface area contributed by atoms with Crippen molar-refractivity contribution < 1.29 is 4.39 Å². The monoisotopic (exact) mass is 553 g/mol. The summed E-state index contributed by atoms with van der Waals surface area (Å²) < 4.78 is 13.5. The van der Waals surface area contributed by atoms with Gasteiger partial charge in [0.25, 0.3) is 0 Å². The summed E-state index contributed by atoms with van der Waals surface area (Å²) in [5, 5.41) is 12.0. The fraction of sp³-hybridized carbons (Fsp3) is 0.118. The van der Waals surface area contributed by atoms with E-state index in [4.69, 9.17) is 4.98 Å². The highest BCUT2D eigenvalue weighted by Crippen LogP contribution is 2.32. The predicted molar refractivity (Wildman–Crippen MR) is 164 cm³/mol. The standard InChI is InChI=1S/C34H28FN7/c1-2-21-12-23(17-36-16-22-6-4-3-5-7-22)14-25(13-21)26-15-28-32(41-42-33(28)38-18-26)34-39-30-20-37-19-29(31(30)40-34)24-8-10-27(35)11-9-24/h3-15,18-20,36H,2,16-17H2,1H3,(H,39,40)(H,38,41,42). The maximum atomic E-state index is 13.5.